The molecule has 3 aliphatic rings. The Balaban J connectivity index is 1.72. The van der Waals surface area contributed by atoms with E-state index in [1.807, 2.05) is 6.92 Å². The molecule has 2 aromatic rings. The van der Waals surface area contributed by atoms with Crippen LogP contribution in [0, 0.1) is 5.92 Å². The predicted molar refractivity (Wildman–Crippen MR) is 170 cm³/mol. The van der Waals surface area contributed by atoms with Gasteiger partial charge in [-0.05, 0) is 103 Å². The summed E-state index contributed by atoms with van der Waals surface area (Å²) in [5.74, 6) is -0.589. The maximum atomic E-state index is 14.1. The molecule has 0 aromatic heterocycles. The fourth-order valence-corrected chi connectivity index (χ4v) is 15.0. The van der Waals surface area contributed by atoms with E-state index >= 15 is 0 Å². The Morgan fingerprint density at radius 3 is 1.20 bits per heavy atom. The second-order valence-corrected chi connectivity index (χ2v) is 18.5. The van der Waals surface area contributed by atoms with Crippen LogP contribution in [0.25, 0.3) is 0 Å². The molecule has 3 aliphatic carbocycles. The molecule has 2 unspecified atom stereocenters. The number of halogens is 12. The molecule has 14 heteroatoms. The summed E-state index contributed by atoms with van der Waals surface area (Å²) >= 11 is 0. The molecule has 2 aromatic carbocycles. The highest BCUT2D eigenvalue weighted by molar-refractivity contribution is 7.77. The molecular weight excluding hydrogens is 710 g/mol. The maximum Gasteiger partial charge on any atom is 0.416 e. The van der Waals surface area contributed by atoms with E-state index in [4.69, 9.17) is 0 Å². The van der Waals surface area contributed by atoms with Crippen molar-refractivity contribution in [3.63, 3.8) is 0 Å². The Morgan fingerprint density at radius 2 is 0.878 bits per heavy atom. The normalized spacial score (nSPS) is 21.1. The Kier molecular flexibility index (Phi) is 11.3. The van der Waals surface area contributed by atoms with Gasteiger partial charge in [0.05, 0.1) is 22.3 Å². The number of hydrogen-bond donors (Lipinski definition) is 0. The fourth-order valence-electron chi connectivity index (χ4n) is 7.60. The average molecular weight is 747 g/mol. The fraction of sp³-hybridized carbons (Fsp3) is 0.543. The summed E-state index contributed by atoms with van der Waals surface area (Å²) in [7, 11) is -3.49. The van der Waals surface area contributed by atoms with Crippen LogP contribution in [0.15, 0.2) is 59.9 Å². The highest BCUT2D eigenvalue weighted by Crippen LogP contribution is 2.64. The summed E-state index contributed by atoms with van der Waals surface area (Å²) in [4.78, 5) is 0. The van der Waals surface area contributed by atoms with Crippen molar-refractivity contribution in [1.82, 2.24) is 0 Å². The SMILES string of the molecule is CC(C1C=CC=C1P(c1cc(C(F)(F)F)cc(C(F)(F)F)c1)c1cc(C(F)(F)F)cc(C(F)(F)F)c1)P(C1CCCCC1)C1CCCCC1. The summed E-state index contributed by atoms with van der Waals surface area (Å²) in [5.41, 5.74) is -6.15. The van der Waals surface area contributed by atoms with Gasteiger partial charge in [0, 0.05) is 5.92 Å². The number of hydrogen-bond acceptors (Lipinski definition) is 0. The zero-order valence-corrected chi connectivity index (χ0v) is 28.3. The topological polar surface area (TPSA) is 0 Å². The summed E-state index contributed by atoms with van der Waals surface area (Å²) in [6.45, 7) is 2.00. The summed E-state index contributed by atoms with van der Waals surface area (Å²) in [5, 5.41) is -0.977. The van der Waals surface area contributed by atoms with Crippen LogP contribution >= 0.6 is 15.8 Å². The predicted octanol–water partition coefficient (Wildman–Crippen LogP) is 12.8. The molecule has 0 saturated heterocycles. The van der Waals surface area contributed by atoms with Crippen molar-refractivity contribution in [2.45, 2.75) is 113 Å². The van der Waals surface area contributed by atoms with Gasteiger partial charge in [-0.2, -0.15) is 52.7 Å². The van der Waals surface area contributed by atoms with Gasteiger partial charge in [0.25, 0.3) is 0 Å². The zero-order chi connectivity index (χ0) is 35.9. The van der Waals surface area contributed by atoms with Crippen LogP contribution in [0.4, 0.5) is 52.7 Å². The minimum atomic E-state index is -5.27. The van der Waals surface area contributed by atoms with E-state index in [2.05, 4.69) is 0 Å². The Labute approximate surface area is 279 Å². The van der Waals surface area contributed by atoms with Gasteiger partial charge in [-0.3, -0.25) is 0 Å². The van der Waals surface area contributed by atoms with Crippen molar-refractivity contribution in [1.29, 1.82) is 0 Å². The molecule has 5 rings (SSSR count). The van der Waals surface area contributed by atoms with E-state index in [-0.39, 0.29) is 23.1 Å². The van der Waals surface area contributed by atoms with Crippen LogP contribution < -0.4 is 10.6 Å². The van der Waals surface area contributed by atoms with Gasteiger partial charge < -0.3 is 0 Å². The molecule has 2 atom stereocenters. The first-order chi connectivity index (χ1) is 22.7. The van der Waals surface area contributed by atoms with Crippen molar-refractivity contribution < 1.29 is 52.7 Å². The van der Waals surface area contributed by atoms with Crippen LogP contribution in [-0.4, -0.2) is 17.0 Å². The second kappa shape index (κ2) is 14.5. The van der Waals surface area contributed by atoms with Gasteiger partial charge in [0.2, 0.25) is 0 Å². The van der Waals surface area contributed by atoms with Gasteiger partial charge in [-0.15, -0.1) is 0 Å². The molecule has 0 N–H and O–H groups in total. The van der Waals surface area contributed by atoms with Gasteiger partial charge in [0.1, 0.15) is 0 Å². The molecule has 0 amide bonds. The van der Waals surface area contributed by atoms with E-state index in [9.17, 15) is 52.7 Å². The van der Waals surface area contributed by atoms with Gasteiger partial charge in [-0.1, -0.05) is 71.6 Å². The van der Waals surface area contributed by atoms with Gasteiger partial charge in [0.15, 0.2) is 0 Å². The number of benzene rings is 2. The summed E-state index contributed by atoms with van der Waals surface area (Å²) in [6, 6.07) is 1.61. The molecule has 0 bridgehead atoms. The minimum absolute atomic E-state index is 0.0862. The van der Waals surface area contributed by atoms with Crippen molar-refractivity contribution in [2.24, 2.45) is 5.92 Å². The molecule has 0 heterocycles. The third-order valence-corrected chi connectivity index (χ3v) is 16.3. The third-order valence-electron chi connectivity index (χ3n) is 9.83. The minimum Gasteiger partial charge on any atom is -0.166 e. The quantitative estimate of drug-likeness (QED) is 0.196. The lowest BCUT2D eigenvalue weighted by Gasteiger charge is -2.44. The zero-order valence-electron chi connectivity index (χ0n) is 26.5. The smallest absolute Gasteiger partial charge is 0.166 e. The molecule has 0 spiro atoms. The van der Waals surface area contributed by atoms with E-state index in [1.54, 1.807) is 12.2 Å². The van der Waals surface area contributed by atoms with Crippen molar-refractivity contribution in [2.75, 3.05) is 0 Å². The van der Waals surface area contributed by atoms with Gasteiger partial charge >= 0.3 is 24.7 Å². The van der Waals surface area contributed by atoms with Crippen molar-refractivity contribution in [3.8, 4) is 0 Å². The number of allylic oxidation sites excluding steroid dienone is 4. The summed E-state index contributed by atoms with van der Waals surface area (Å²) in [6.07, 6.45) is -5.98. The standard InChI is InChI=1S/C35H36F12P2/c1-21(48(26-9-4-2-5-10-26)27-11-6-3-7-12-27)30-13-8-14-31(30)49(28-17-22(32(36,37)38)15-23(18-28)33(39,40)41)29-19-24(34(42,43)44)16-25(20-29)35(45,46)47/h8,13-21,26-27,30H,2-7,9-12H2,1H3. The van der Waals surface area contributed by atoms with Crippen molar-refractivity contribution >= 4 is 26.5 Å². The van der Waals surface area contributed by atoms with E-state index < -0.39 is 79.3 Å². The van der Waals surface area contributed by atoms with Crippen LogP contribution in [0.2, 0.25) is 0 Å². The van der Waals surface area contributed by atoms with Crippen LogP contribution in [-0.2, 0) is 24.7 Å². The maximum absolute atomic E-state index is 14.1. The molecule has 49 heavy (non-hydrogen) atoms. The highest BCUT2D eigenvalue weighted by atomic mass is 31.1. The molecule has 0 nitrogen and oxygen atoms in total. The lowest BCUT2D eigenvalue weighted by atomic mass is 9.99. The molecule has 2 saturated carbocycles. The Morgan fingerprint density at radius 1 is 0.531 bits per heavy atom. The Bertz CT molecular complexity index is 1360. The van der Waals surface area contributed by atoms with Crippen LogP contribution in [0.1, 0.15) is 93.4 Å². The first-order valence-corrected chi connectivity index (χ1v) is 19.2. The van der Waals surface area contributed by atoms with Crippen molar-refractivity contribution in [3.05, 3.63) is 82.2 Å². The van der Waals surface area contributed by atoms with Crippen LogP contribution in [0.5, 0.6) is 0 Å². The van der Waals surface area contributed by atoms with E-state index in [0.29, 0.717) is 35.6 Å². The van der Waals surface area contributed by atoms with Gasteiger partial charge in [-0.25, -0.2) is 0 Å². The summed E-state index contributed by atoms with van der Waals surface area (Å²) < 4.78 is 169. The lowest BCUT2D eigenvalue weighted by Crippen LogP contribution is -2.30. The van der Waals surface area contributed by atoms with E-state index in [1.165, 1.54) is 6.08 Å². The lowest BCUT2D eigenvalue weighted by molar-refractivity contribution is -0.144. The number of alkyl halides is 12. The van der Waals surface area contributed by atoms with Crippen LogP contribution in [0.3, 0.4) is 0 Å². The molecule has 2 fully saturated rings. The number of rotatable bonds is 7. The molecule has 0 radical (unpaired) electrons. The highest BCUT2D eigenvalue weighted by Gasteiger charge is 2.44. The molecular formula is C35H36F12P2. The largest absolute Gasteiger partial charge is 0.416 e. The third kappa shape index (κ3) is 8.88. The molecule has 0 aliphatic heterocycles. The average Bonchev–Trinajstić information content (AvgIpc) is 3.50. The first-order valence-electron chi connectivity index (χ1n) is 16.3. The Hall–Kier alpha value is -2.06. The first kappa shape index (κ1) is 38.2. The molecule has 270 valence electrons. The second-order valence-electron chi connectivity index (χ2n) is 13.1. The monoisotopic (exact) mass is 746 g/mol. The van der Waals surface area contributed by atoms with E-state index in [0.717, 1.165) is 64.2 Å².